The van der Waals surface area contributed by atoms with E-state index in [-0.39, 0.29) is 11.8 Å². The summed E-state index contributed by atoms with van der Waals surface area (Å²) < 4.78 is -0.453. The normalized spacial score (nSPS) is 15.0. The van der Waals surface area contributed by atoms with Crippen LogP contribution >= 0.6 is 11.8 Å². The number of nitrogens with one attached hydrogen (secondary N) is 2. The van der Waals surface area contributed by atoms with Crippen LogP contribution in [-0.4, -0.2) is 28.0 Å². The zero-order chi connectivity index (χ0) is 16.2. The van der Waals surface area contributed by atoms with Gasteiger partial charge in [0.2, 0.25) is 11.8 Å². The van der Waals surface area contributed by atoms with E-state index < -0.39 is 4.75 Å². The van der Waals surface area contributed by atoms with Gasteiger partial charge in [0.1, 0.15) is 0 Å². The van der Waals surface area contributed by atoms with Gasteiger partial charge in [0.05, 0.1) is 10.5 Å². The van der Waals surface area contributed by atoms with Crippen molar-refractivity contribution in [1.82, 2.24) is 5.43 Å². The van der Waals surface area contributed by atoms with Crippen LogP contribution in [0.5, 0.6) is 0 Å². The summed E-state index contributed by atoms with van der Waals surface area (Å²) in [6.45, 7) is 5.88. The van der Waals surface area contributed by atoms with E-state index in [1.807, 2.05) is 45.0 Å². The molecule has 5 nitrogen and oxygen atoms in total. The Morgan fingerprint density at radius 1 is 1.32 bits per heavy atom. The molecular weight excluding hydrogens is 298 g/mol. The molecule has 118 valence electrons. The van der Waals surface area contributed by atoms with E-state index in [0.29, 0.717) is 12.8 Å². The molecule has 0 aliphatic carbocycles. The predicted octanol–water partition coefficient (Wildman–Crippen LogP) is 2.77. The molecule has 0 aromatic heterocycles. The summed E-state index contributed by atoms with van der Waals surface area (Å²) in [5.41, 5.74) is 5.07. The molecule has 2 amide bonds. The maximum atomic E-state index is 12.2. The van der Waals surface area contributed by atoms with Crippen molar-refractivity contribution in [2.24, 2.45) is 5.10 Å². The van der Waals surface area contributed by atoms with Crippen molar-refractivity contribution in [2.45, 2.75) is 38.4 Å². The van der Waals surface area contributed by atoms with Gasteiger partial charge in [-0.2, -0.15) is 5.10 Å². The first-order chi connectivity index (χ1) is 10.4. The summed E-state index contributed by atoms with van der Waals surface area (Å²) in [6, 6.07) is 7.54. The molecule has 1 aliphatic heterocycles. The average molecular weight is 319 g/mol. The van der Waals surface area contributed by atoms with Crippen LogP contribution in [0.1, 0.15) is 39.2 Å². The van der Waals surface area contributed by atoms with Crippen LogP contribution in [0.3, 0.4) is 0 Å². The highest BCUT2D eigenvalue weighted by atomic mass is 32.2. The number of hydrogen-bond donors (Lipinski definition) is 2. The van der Waals surface area contributed by atoms with E-state index >= 15 is 0 Å². The second kappa shape index (κ2) is 6.96. The minimum atomic E-state index is -0.453. The molecule has 2 rings (SSSR count). The van der Waals surface area contributed by atoms with Gasteiger partial charge in [-0.25, -0.2) is 5.43 Å². The standard InChI is InChI=1S/C16H21N3O2S/c1-4-22-16(2,3)15(21)17-12-7-5-11(6-8-12)13-9-10-14(20)19-18-13/h5-8H,4,9-10H2,1-3H3,(H,17,21)(H,19,20). The van der Waals surface area contributed by atoms with E-state index in [2.05, 4.69) is 15.8 Å². The average Bonchev–Trinajstić information content (AvgIpc) is 2.49. The molecule has 1 aliphatic rings. The number of nitrogens with zero attached hydrogens (tertiary/aromatic N) is 1. The number of hydrazone groups is 1. The van der Waals surface area contributed by atoms with Gasteiger partial charge in [0.25, 0.3) is 0 Å². The number of amides is 2. The third-order valence-corrected chi connectivity index (χ3v) is 4.63. The molecule has 1 aromatic carbocycles. The number of carbonyl (C=O) groups excluding carboxylic acids is 2. The summed E-state index contributed by atoms with van der Waals surface area (Å²) >= 11 is 1.62. The maximum Gasteiger partial charge on any atom is 0.240 e. The number of hydrogen-bond acceptors (Lipinski definition) is 4. The molecule has 0 bridgehead atoms. The van der Waals surface area contributed by atoms with Crippen molar-refractivity contribution in [1.29, 1.82) is 0 Å². The van der Waals surface area contributed by atoms with E-state index in [1.165, 1.54) is 0 Å². The quantitative estimate of drug-likeness (QED) is 0.876. The lowest BCUT2D eigenvalue weighted by atomic mass is 10.0. The molecule has 2 N–H and O–H groups in total. The van der Waals surface area contributed by atoms with Gasteiger partial charge in [-0.3, -0.25) is 9.59 Å². The van der Waals surface area contributed by atoms with Crippen molar-refractivity contribution >= 4 is 35.0 Å². The highest BCUT2D eigenvalue weighted by Gasteiger charge is 2.27. The Bertz CT molecular complexity index is 594. The summed E-state index contributed by atoms with van der Waals surface area (Å²) in [7, 11) is 0. The van der Waals surface area contributed by atoms with Crippen LogP contribution in [0.4, 0.5) is 5.69 Å². The lowest BCUT2D eigenvalue weighted by molar-refractivity contribution is -0.121. The monoisotopic (exact) mass is 319 g/mol. The van der Waals surface area contributed by atoms with Crippen LogP contribution in [0.15, 0.2) is 29.4 Å². The third kappa shape index (κ3) is 4.10. The zero-order valence-corrected chi connectivity index (χ0v) is 13.9. The van der Waals surface area contributed by atoms with E-state index in [1.54, 1.807) is 11.8 Å². The fraction of sp³-hybridized carbons (Fsp3) is 0.438. The van der Waals surface area contributed by atoms with E-state index in [0.717, 1.165) is 22.7 Å². The highest BCUT2D eigenvalue weighted by Crippen LogP contribution is 2.26. The Balaban J connectivity index is 2.03. The van der Waals surface area contributed by atoms with Gasteiger partial charge in [-0.15, -0.1) is 11.8 Å². The van der Waals surface area contributed by atoms with Crippen molar-refractivity contribution < 1.29 is 9.59 Å². The number of benzene rings is 1. The topological polar surface area (TPSA) is 70.6 Å². The van der Waals surface area contributed by atoms with Gasteiger partial charge < -0.3 is 5.32 Å². The van der Waals surface area contributed by atoms with Crippen LogP contribution < -0.4 is 10.7 Å². The predicted molar refractivity (Wildman–Crippen MR) is 91.2 cm³/mol. The molecule has 0 unspecified atom stereocenters. The summed E-state index contributed by atoms with van der Waals surface area (Å²) in [5.74, 6) is 0.836. The molecule has 0 atom stereocenters. The van der Waals surface area contributed by atoms with Crippen LogP contribution in [0.25, 0.3) is 0 Å². The number of anilines is 1. The van der Waals surface area contributed by atoms with Gasteiger partial charge in [-0.05, 0) is 37.3 Å². The smallest absolute Gasteiger partial charge is 0.240 e. The highest BCUT2D eigenvalue weighted by molar-refractivity contribution is 8.01. The molecule has 0 fully saturated rings. The maximum absolute atomic E-state index is 12.2. The Morgan fingerprint density at radius 2 is 2.00 bits per heavy atom. The summed E-state index contributed by atoms with van der Waals surface area (Å²) in [6.07, 6.45) is 1.09. The van der Waals surface area contributed by atoms with Crippen LogP contribution in [0.2, 0.25) is 0 Å². The van der Waals surface area contributed by atoms with Gasteiger partial charge in [0, 0.05) is 18.5 Å². The van der Waals surface area contributed by atoms with Crippen molar-refractivity contribution in [3.05, 3.63) is 29.8 Å². The molecule has 1 heterocycles. The fourth-order valence-corrected chi connectivity index (χ4v) is 3.04. The van der Waals surface area contributed by atoms with Crippen molar-refractivity contribution in [2.75, 3.05) is 11.1 Å². The van der Waals surface area contributed by atoms with Crippen LogP contribution in [0, 0.1) is 0 Å². The Kier molecular flexibility index (Phi) is 5.24. The Labute approximate surface area is 134 Å². The molecule has 0 saturated carbocycles. The Hall–Kier alpha value is -1.82. The van der Waals surface area contributed by atoms with Crippen molar-refractivity contribution in [3.63, 3.8) is 0 Å². The number of rotatable bonds is 5. The van der Waals surface area contributed by atoms with Crippen molar-refractivity contribution in [3.8, 4) is 0 Å². The fourth-order valence-electron chi connectivity index (χ4n) is 2.14. The van der Waals surface area contributed by atoms with E-state index in [4.69, 9.17) is 0 Å². The number of carbonyl (C=O) groups is 2. The summed E-state index contributed by atoms with van der Waals surface area (Å²) in [5, 5.41) is 7.00. The third-order valence-electron chi connectivity index (χ3n) is 3.43. The number of thioether (sulfide) groups is 1. The summed E-state index contributed by atoms with van der Waals surface area (Å²) in [4.78, 5) is 23.3. The lowest BCUT2D eigenvalue weighted by Gasteiger charge is -2.22. The first-order valence-electron chi connectivity index (χ1n) is 7.33. The molecule has 22 heavy (non-hydrogen) atoms. The second-order valence-corrected chi connectivity index (χ2v) is 7.45. The van der Waals surface area contributed by atoms with E-state index in [9.17, 15) is 9.59 Å². The minimum absolute atomic E-state index is 0.00521. The molecule has 0 radical (unpaired) electrons. The van der Waals surface area contributed by atoms with Gasteiger partial charge in [-0.1, -0.05) is 19.1 Å². The van der Waals surface area contributed by atoms with Gasteiger partial charge >= 0.3 is 0 Å². The Morgan fingerprint density at radius 3 is 2.55 bits per heavy atom. The minimum Gasteiger partial charge on any atom is -0.325 e. The second-order valence-electron chi connectivity index (χ2n) is 5.57. The van der Waals surface area contributed by atoms with Gasteiger partial charge in [0.15, 0.2) is 0 Å². The van der Waals surface area contributed by atoms with Crippen LogP contribution in [-0.2, 0) is 9.59 Å². The first kappa shape index (κ1) is 16.5. The molecule has 0 spiro atoms. The molecular formula is C16H21N3O2S. The first-order valence-corrected chi connectivity index (χ1v) is 8.32. The largest absolute Gasteiger partial charge is 0.325 e. The SMILES string of the molecule is CCSC(C)(C)C(=O)Nc1ccc(C2=NNC(=O)CC2)cc1. The molecule has 6 heteroatoms. The molecule has 1 aromatic rings. The zero-order valence-electron chi connectivity index (χ0n) is 13.1. The molecule has 0 saturated heterocycles. The lowest BCUT2D eigenvalue weighted by Crippen LogP contribution is -2.34.